The second-order valence-electron chi connectivity index (χ2n) is 9.89. The fourth-order valence-electron chi connectivity index (χ4n) is 3.40. The minimum atomic E-state index is -4.16. The van der Waals surface area contributed by atoms with Crippen molar-refractivity contribution >= 4 is 33.2 Å². The molecule has 1 aromatic carbocycles. The Bertz CT molecular complexity index is 1280. The molecule has 0 amide bonds. The minimum absolute atomic E-state index is 0.130. The predicted octanol–water partition coefficient (Wildman–Crippen LogP) is 1.67. The van der Waals surface area contributed by atoms with Crippen molar-refractivity contribution in [2.45, 2.75) is 56.9 Å². The second kappa shape index (κ2) is 11.8. The topological polar surface area (TPSA) is 158 Å². The minimum Gasteiger partial charge on any atom is -0.464 e. The molecule has 2 aromatic rings. The summed E-state index contributed by atoms with van der Waals surface area (Å²) in [7, 11) is 1.90. The van der Waals surface area contributed by atoms with Crippen molar-refractivity contribution in [3.05, 3.63) is 63.4 Å². The standard InChI is InChI=1S/C23H30BClN3O9P/c1-14(12-34-20(31)22(2,3)4)27-38(33,37-15-8-6-5-7-9-15)35-13-16-18(30)23(24,25)19(36-16)28-11-10-17(29)26-21(28)32/h5-11,14,16,18-19,30H,12-13H2,1-4H3,(H,27,33)(H,26,29,32)/t14-,16+,18+,19+,23-,38?/m0/s1. The van der Waals surface area contributed by atoms with Crippen molar-refractivity contribution in [1.82, 2.24) is 14.6 Å². The van der Waals surface area contributed by atoms with E-state index in [9.17, 15) is 24.1 Å². The van der Waals surface area contributed by atoms with Gasteiger partial charge in [-0.25, -0.2) is 14.4 Å². The van der Waals surface area contributed by atoms with Crippen LogP contribution in [0.5, 0.6) is 5.75 Å². The summed E-state index contributed by atoms with van der Waals surface area (Å²) in [6, 6.07) is 8.59. The van der Waals surface area contributed by atoms with E-state index in [0.717, 1.165) is 16.8 Å². The van der Waals surface area contributed by atoms with Crippen molar-refractivity contribution in [3.63, 3.8) is 0 Å². The summed E-state index contributed by atoms with van der Waals surface area (Å²) in [5, 5.41) is 13.4. The molecule has 0 aliphatic carbocycles. The maximum atomic E-state index is 13.7. The van der Waals surface area contributed by atoms with Gasteiger partial charge in [0.05, 0.1) is 22.9 Å². The van der Waals surface area contributed by atoms with Gasteiger partial charge in [0.25, 0.3) is 5.56 Å². The normalized spacial score (nSPS) is 25.9. The third kappa shape index (κ3) is 7.37. The number of para-hydroxylation sites is 1. The van der Waals surface area contributed by atoms with E-state index in [4.69, 9.17) is 38.0 Å². The molecule has 15 heteroatoms. The first-order valence-electron chi connectivity index (χ1n) is 11.7. The molecule has 2 heterocycles. The van der Waals surface area contributed by atoms with Crippen LogP contribution in [-0.4, -0.2) is 64.7 Å². The van der Waals surface area contributed by atoms with Crippen LogP contribution in [0, 0.1) is 5.41 Å². The number of nitrogens with one attached hydrogen (secondary N) is 2. The van der Waals surface area contributed by atoms with Gasteiger partial charge >= 0.3 is 19.4 Å². The number of carbonyl (C=O) groups excluding carboxylic acids is 1. The highest BCUT2D eigenvalue weighted by Gasteiger charge is 2.53. The van der Waals surface area contributed by atoms with E-state index in [0.29, 0.717) is 0 Å². The highest BCUT2D eigenvalue weighted by atomic mass is 35.5. The molecule has 0 bridgehead atoms. The van der Waals surface area contributed by atoms with Gasteiger partial charge in [-0.05, 0) is 39.8 Å². The number of aliphatic hydroxyl groups excluding tert-OH is 1. The number of ether oxygens (including phenoxy) is 2. The van der Waals surface area contributed by atoms with E-state index in [2.05, 4.69) is 10.1 Å². The van der Waals surface area contributed by atoms with Crippen LogP contribution < -0.4 is 20.9 Å². The van der Waals surface area contributed by atoms with Crippen LogP contribution in [0.2, 0.25) is 0 Å². The SMILES string of the molecule is [B][C@]1(Cl)[C@H](O)[C@@H](COP(=O)(N[C@@H](C)COC(=O)C(C)(C)C)Oc2ccccc2)O[C@H]1n1ccc(=O)[nH]c1=O. The number of benzene rings is 1. The lowest BCUT2D eigenvalue weighted by Gasteiger charge is -2.27. The first-order valence-corrected chi connectivity index (χ1v) is 13.6. The summed E-state index contributed by atoms with van der Waals surface area (Å²) in [6.07, 6.45) is -3.10. The lowest BCUT2D eigenvalue weighted by molar-refractivity contribution is -0.153. The van der Waals surface area contributed by atoms with E-state index in [-0.39, 0.29) is 12.4 Å². The molecular weight excluding hydrogens is 540 g/mol. The van der Waals surface area contributed by atoms with E-state index in [1.165, 1.54) is 0 Å². The zero-order chi connectivity index (χ0) is 28.3. The molecule has 1 unspecified atom stereocenters. The monoisotopic (exact) mass is 569 g/mol. The van der Waals surface area contributed by atoms with Gasteiger partial charge in [0, 0.05) is 18.3 Å². The number of carbonyl (C=O) groups is 1. The number of hydrogen-bond donors (Lipinski definition) is 3. The Kier molecular flexibility index (Phi) is 9.34. The summed E-state index contributed by atoms with van der Waals surface area (Å²) in [5.41, 5.74) is -2.23. The maximum Gasteiger partial charge on any atom is 0.459 e. The molecule has 1 aliphatic heterocycles. The second-order valence-corrected chi connectivity index (χ2v) is 12.2. The zero-order valence-electron chi connectivity index (χ0n) is 21.3. The molecule has 1 aliphatic rings. The number of alkyl halides is 1. The average Bonchev–Trinajstić information content (AvgIpc) is 3.04. The first kappa shape index (κ1) is 30.1. The quantitative estimate of drug-likeness (QED) is 0.166. The average molecular weight is 570 g/mol. The molecule has 2 radical (unpaired) electrons. The van der Waals surface area contributed by atoms with Crippen LogP contribution in [0.15, 0.2) is 52.2 Å². The molecule has 0 spiro atoms. The highest BCUT2D eigenvalue weighted by molar-refractivity contribution is 7.52. The van der Waals surface area contributed by atoms with Crippen LogP contribution in [0.4, 0.5) is 0 Å². The number of aliphatic hydroxyl groups is 1. The number of halogens is 1. The predicted molar refractivity (Wildman–Crippen MR) is 139 cm³/mol. The molecule has 3 rings (SSSR count). The summed E-state index contributed by atoms with van der Waals surface area (Å²) >= 11 is 6.33. The third-order valence-corrected chi connectivity index (χ3v) is 7.53. The van der Waals surface area contributed by atoms with E-state index >= 15 is 0 Å². The Labute approximate surface area is 225 Å². The van der Waals surface area contributed by atoms with Gasteiger partial charge in [-0.3, -0.25) is 23.7 Å². The van der Waals surface area contributed by atoms with E-state index < -0.39 is 66.2 Å². The van der Waals surface area contributed by atoms with E-state index in [1.54, 1.807) is 58.0 Å². The van der Waals surface area contributed by atoms with Crippen molar-refractivity contribution in [2.75, 3.05) is 13.2 Å². The Morgan fingerprint density at radius 2 is 1.97 bits per heavy atom. The zero-order valence-corrected chi connectivity index (χ0v) is 23.0. The van der Waals surface area contributed by atoms with Crippen molar-refractivity contribution < 1.29 is 33.0 Å². The van der Waals surface area contributed by atoms with Gasteiger partial charge in [-0.15, -0.1) is 11.6 Å². The smallest absolute Gasteiger partial charge is 0.459 e. The van der Waals surface area contributed by atoms with Gasteiger partial charge in [0.15, 0.2) is 6.23 Å². The molecule has 1 saturated heterocycles. The first-order chi connectivity index (χ1) is 17.6. The Hall–Kier alpha value is -2.41. The highest BCUT2D eigenvalue weighted by Crippen LogP contribution is 2.47. The number of aromatic nitrogens is 2. The lowest BCUT2D eigenvalue weighted by atomic mass is 9.79. The Balaban J connectivity index is 1.75. The number of rotatable bonds is 10. The maximum absolute atomic E-state index is 13.7. The molecule has 1 fully saturated rings. The van der Waals surface area contributed by atoms with Gasteiger partial charge in [0.1, 0.15) is 26.3 Å². The van der Waals surface area contributed by atoms with Gasteiger partial charge in [-0.1, -0.05) is 18.2 Å². The molecule has 3 N–H and O–H groups in total. The van der Waals surface area contributed by atoms with Gasteiger partial charge < -0.3 is 19.1 Å². The molecule has 0 saturated carbocycles. The fourth-order valence-corrected chi connectivity index (χ4v) is 5.24. The Morgan fingerprint density at radius 1 is 1.32 bits per heavy atom. The van der Waals surface area contributed by atoms with Crippen LogP contribution in [0.3, 0.4) is 0 Å². The van der Waals surface area contributed by atoms with Gasteiger partial charge in [0.2, 0.25) is 0 Å². The largest absolute Gasteiger partial charge is 0.464 e. The molecule has 1 aromatic heterocycles. The van der Waals surface area contributed by atoms with Gasteiger partial charge in [-0.2, -0.15) is 0 Å². The number of hydrogen-bond acceptors (Lipinski definition) is 9. The van der Waals surface area contributed by atoms with Crippen molar-refractivity contribution in [3.8, 4) is 5.75 Å². The molecular formula is C23H30BClN3O9P. The van der Waals surface area contributed by atoms with Crippen LogP contribution in [-0.2, 0) is 23.4 Å². The summed E-state index contributed by atoms with van der Waals surface area (Å²) < 4.78 is 34.8. The summed E-state index contributed by atoms with van der Waals surface area (Å²) in [6.45, 7) is 6.08. The van der Waals surface area contributed by atoms with Crippen LogP contribution >= 0.6 is 19.3 Å². The molecule has 38 heavy (non-hydrogen) atoms. The Morgan fingerprint density at radius 3 is 2.58 bits per heavy atom. The number of H-pyrrole nitrogens is 1. The lowest BCUT2D eigenvalue weighted by Crippen LogP contribution is -2.45. The molecule has 12 nitrogen and oxygen atoms in total. The third-order valence-electron chi connectivity index (χ3n) is 5.42. The van der Waals surface area contributed by atoms with Crippen LogP contribution in [0.1, 0.15) is 33.9 Å². The van der Waals surface area contributed by atoms with Crippen molar-refractivity contribution in [2.24, 2.45) is 5.41 Å². The summed E-state index contributed by atoms with van der Waals surface area (Å²) in [5.74, 6) is -0.225. The van der Waals surface area contributed by atoms with E-state index in [1.807, 2.05) is 0 Å². The molecule has 6 atom stereocenters. The summed E-state index contributed by atoms with van der Waals surface area (Å²) in [4.78, 5) is 37.8. The number of nitrogens with zero attached hydrogens (tertiary/aromatic N) is 1. The number of aromatic amines is 1. The molecule has 206 valence electrons. The van der Waals surface area contributed by atoms with Crippen molar-refractivity contribution in [1.29, 1.82) is 0 Å². The number of esters is 1. The van der Waals surface area contributed by atoms with Crippen LogP contribution in [0.25, 0.3) is 0 Å². The fraction of sp³-hybridized carbons (Fsp3) is 0.522.